The number of hydrogen-bond acceptors (Lipinski definition) is 4. The van der Waals surface area contributed by atoms with Crippen LogP contribution in [0.2, 0.25) is 0 Å². The molecular weight excluding hydrogens is 276 g/mol. The minimum atomic E-state index is -1.09. The van der Waals surface area contributed by atoms with Gasteiger partial charge in [-0.05, 0) is 18.4 Å². The lowest BCUT2D eigenvalue weighted by atomic mass is 10.3. The fraction of sp³-hybridized carbons (Fsp3) is 0.400. The topological polar surface area (TPSA) is 95.5 Å². The molecule has 0 radical (unpaired) electrons. The van der Waals surface area contributed by atoms with Crippen LogP contribution in [0.5, 0.6) is 0 Å². The van der Waals surface area contributed by atoms with Crippen molar-refractivity contribution in [2.75, 3.05) is 18.1 Å². The van der Waals surface area contributed by atoms with Gasteiger partial charge in [-0.2, -0.15) is 0 Å². The average Bonchev–Trinajstić information content (AvgIpc) is 2.73. The number of thiophene rings is 1. The lowest BCUT2D eigenvalue weighted by Gasteiger charge is -2.10. The first-order valence-electron chi connectivity index (χ1n) is 5.09. The molecule has 1 rings (SSSR count). The molecule has 0 aliphatic heterocycles. The molecule has 100 valence electrons. The highest BCUT2D eigenvalue weighted by Crippen LogP contribution is 2.22. The minimum absolute atomic E-state index is 0.0577. The van der Waals surface area contributed by atoms with E-state index in [0.717, 1.165) is 11.3 Å². The molecule has 0 aliphatic rings. The molecule has 0 saturated heterocycles. The van der Waals surface area contributed by atoms with Crippen LogP contribution in [0.25, 0.3) is 0 Å². The van der Waals surface area contributed by atoms with Crippen molar-refractivity contribution in [3.8, 4) is 0 Å². The second-order valence-corrected chi connectivity index (χ2v) is 6.33. The number of carboxylic acids is 1. The highest BCUT2D eigenvalue weighted by molar-refractivity contribution is 7.84. The summed E-state index contributed by atoms with van der Waals surface area (Å²) in [7, 11) is -1.01. The summed E-state index contributed by atoms with van der Waals surface area (Å²) in [6, 6.07) is 0.920. The standard InChI is InChI=1S/C10H14N2O4S2/c1-6(18(2)16)5-11-10(15)12-8-7(9(13)14)3-4-17-8/h3-4,6H,5H2,1-2H3,(H,13,14)(H2,11,12,15). The molecular formula is C10H14N2O4S2. The van der Waals surface area contributed by atoms with E-state index in [1.54, 1.807) is 18.6 Å². The van der Waals surface area contributed by atoms with Gasteiger partial charge in [-0.25, -0.2) is 9.59 Å². The number of hydrogen-bond donors (Lipinski definition) is 3. The van der Waals surface area contributed by atoms with E-state index in [1.807, 2.05) is 0 Å². The number of amides is 2. The maximum Gasteiger partial charge on any atom is 0.338 e. The van der Waals surface area contributed by atoms with E-state index in [0.29, 0.717) is 0 Å². The van der Waals surface area contributed by atoms with Gasteiger partial charge in [0.05, 0.1) is 5.56 Å². The molecule has 18 heavy (non-hydrogen) atoms. The lowest BCUT2D eigenvalue weighted by molar-refractivity contribution is 0.0698. The van der Waals surface area contributed by atoms with Crippen LogP contribution < -0.4 is 10.6 Å². The third kappa shape index (κ3) is 4.11. The molecule has 1 aromatic heterocycles. The maximum atomic E-state index is 11.5. The van der Waals surface area contributed by atoms with E-state index in [4.69, 9.17) is 5.11 Å². The Morgan fingerprint density at radius 1 is 1.56 bits per heavy atom. The number of carbonyl (C=O) groups is 2. The first-order chi connectivity index (χ1) is 8.41. The van der Waals surface area contributed by atoms with Gasteiger partial charge < -0.3 is 10.4 Å². The smallest absolute Gasteiger partial charge is 0.338 e. The molecule has 0 aromatic carbocycles. The van der Waals surface area contributed by atoms with Crippen LogP contribution in [-0.4, -0.2) is 39.4 Å². The van der Waals surface area contributed by atoms with Crippen LogP contribution in [0.4, 0.5) is 9.80 Å². The van der Waals surface area contributed by atoms with Gasteiger partial charge in [-0.15, -0.1) is 11.3 Å². The predicted molar refractivity (Wildman–Crippen MR) is 71.8 cm³/mol. The second-order valence-electron chi connectivity index (χ2n) is 3.61. The van der Waals surface area contributed by atoms with Gasteiger partial charge in [-0.3, -0.25) is 9.53 Å². The van der Waals surface area contributed by atoms with Gasteiger partial charge in [0, 0.05) is 28.9 Å². The molecule has 0 saturated carbocycles. The Morgan fingerprint density at radius 2 is 2.22 bits per heavy atom. The molecule has 1 aromatic rings. The minimum Gasteiger partial charge on any atom is -0.478 e. The SMILES string of the molecule is CC(CNC(=O)Nc1sccc1C(=O)O)S(C)=O. The molecule has 2 unspecified atom stereocenters. The van der Waals surface area contributed by atoms with Gasteiger partial charge in [0.2, 0.25) is 0 Å². The Hall–Kier alpha value is -1.41. The molecule has 0 spiro atoms. The number of rotatable bonds is 5. The maximum absolute atomic E-state index is 11.5. The molecule has 1 heterocycles. The normalized spacial score (nSPS) is 13.7. The number of aromatic carboxylic acids is 1. The highest BCUT2D eigenvalue weighted by Gasteiger charge is 2.14. The quantitative estimate of drug-likeness (QED) is 0.762. The van der Waals surface area contributed by atoms with Crippen molar-refractivity contribution in [2.45, 2.75) is 12.2 Å². The van der Waals surface area contributed by atoms with E-state index in [1.165, 1.54) is 6.07 Å². The summed E-state index contributed by atoms with van der Waals surface area (Å²) in [5.74, 6) is -1.09. The summed E-state index contributed by atoms with van der Waals surface area (Å²) in [6.45, 7) is 2.02. The summed E-state index contributed by atoms with van der Waals surface area (Å²) >= 11 is 1.13. The molecule has 6 nitrogen and oxygen atoms in total. The fourth-order valence-corrected chi connectivity index (χ4v) is 2.17. The Kier molecular flexibility index (Phi) is 5.29. The molecule has 0 aliphatic carbocycles. The summed E-state index contributed by atoms with van der Waals surface area (Å²) in [5, 5.41) is 15.6. The first kappa shape index (κ1) is 14.7. The Morgan fingerprint density at radius 3 is 2.78 bits per heavy atom. The van der Waals surface area contributed by atoms with E-state index >= 15 is 0 Å². The van der Waals surface area contributed by atoms with Crippen molar-refractivity contribution in [3.05, 3.63) is 17.0 Å². The van der Waals surface area contributed by atoms with E-state index in [-0.39, 0.29) is 22.4 Å². The zero-order valence-electron chi connectivity index (χ0n) is 9.93. The van der Waals surface area contributed by atoms with Crippen molar-refractivity contribution >= 4 is 39.1 Å². The van der Waals surface area contributed by atoms with Crippen molar-refractivity contribution < 1.29 is 18.9 Å². The molecule has 0 bridgehead atoms. The number of carboxylic acid groups (broad SMARTS) is 1. The first-order valence-corrected chi connectivity index (χ1v) is 7.59. The Bertz CT molecular complexity index is 472. The van der Waals surface area contributed by atoms with Crippen molar-refractivity contribution in [2.24, 2.45) is 0 Å². The number of urea groups is 1. The van der Waals surface area contributed by atoms with Gasteiger partial charge in [0.15, 0.2) is 0 Å². The van der Waals surface area contributed by atoms with Crippen LogP contribution in [-0.2, 0) is 10.8 Å². The van der Waals surface area contributed by atoms with E-state index < -0.39 is 22.8 Å². The third-order valence-corrected chi connectivity index (χ3v) is 4.37. The largest absolute Gasteiger partial charge is 0.478 e. The van der Waals surface area contributed by atoms with Crippen LogP contribution in [0.3, 0.4) is 0 Å². The predicted octanol–water partition coefficient (Wildman–Crippen LogP) is 1.33. The van der Waals surface area contributed by atoms with Gasteiger partial charge in [0.1, 0.15) is 5.00 Å². The Labute approximate surface area is 111 Å². The molecule has 0 fully saturated rings. The summed E-state index contributed by atoms with van der Waals surface area (Å²) in [5.41, 5.74) is 0.0577. The number of carbonyl (C=O) groups excluding carboxylic acids is 1. The number of anilines is 1. The molecule has 8 heteroatoms. The van der Waals surface area contributed by atoms with Crippen LogP contribution in [0.15, 0.2) is 11.4 Å². The highest BCUT2D eigenvalue weighted by atomic mass is 32.2. The van der Waals surface area contributed by atoms with Crippen LogP contribution in [0.1, 0.15) is 17.3 Å². The lowest BCUT2D eigenvalue weighted by Crippen LogP contribution is -2.35. The number of nitrogens with one attached hydrogen (secondary N) is 2. The van der Waals surface area contributed by atoms with Gasteiger partial charge >= 0.3 is 12.0 Å². The molecule has 2 amide bonds. The van der Waals surface area contributed by atoms with E-state index in [9.17, 15) is 13.8 Å². The summed E-state index contributed by atoms with van der Waals surface area (Å²) < 4.78 is 11.1. The van der Waals surface area contributed by atoms with Crippen molar-refractivity contribution in [3.63, 3.8) is 0 Å². The zero-order chi connectivity index (χ0) is 13.7. The van der Waals surface area contributed by atoms with Crippen LogP contribution in [0, 0.1) is 0 Å². The van der Waals surface area contributed by atoms with Crippen molar-refractivity contribution in [1.82, 2.24) is 5.32 Å². The van der Waals surface area contributed by atoms with Crippen LogP contribution >= 0.6 is 11.3 Å². The van der Waals surface area contributed by atoms with Gasteiger partial charge in [0.25, 0.3) is 0 Å². The van der Waals surface area contributed by atoms with E-state index in [2.05, 4.69) is 10.6 Å². The van der Waals surface area contributed by atoms with Gasteiger partial charge in [-0.1, -0.05) is 0 Å². The third-order valence-electron chi connectivity index (χ3n) is 2.24. The summed E-state index contributed by atoms with van der Waals surface area (Å²) in [4.78, 5) is 22.3. The molecule has 2 atom stereocenters. The van der Waals surface area contributed by atoms with Crippen molar-refractivity contribution in [1.29, 1.82) is 0 Å². The average molecular weight is 290 g/mol. The monoisotopic (exact) mass is 290 g/mol. The zero-order valence-corrected chi connectivity index (χ0v) is 11.6. The summed E-state index contributed by atoms with van der Waals surface area (Å²) in [6.07, 6.45) is 1.56. The molecule has 3 N–H and O–H groups in total. The second kappa shape index (κ2) is 6.50. The Balaban J connectivity index is 2.52. The fourth-order valence-electron chi connectivity index (χ4n) is 1.08.